The van der Waals surface area contributed by atoms with Gasteiger partial charge in [0.2, 0.25) is 5.89 Å². The number of aliphatic hydroxyl groups excluding tert-OH is 1. The maximum atomic E-state index is 10.7. The maximum absolute atomic E-state index is 10.7. The number of ether oxygens (including phenoxy) is 1. The van der Waals surface area contributed by atoms with Crippen LogP contribution in [0.15, 0.2) is 62.0 Å². The summed E-state index contributed by atoms with van der Waals surface area (Å²) >= 11 is 0. The minimum atomic E-state index is -0.597. The highest BCUT2D eigenvalue weighted by Crippen LogP contribution is 2.33. The molecule has 0 amide bonds. The Kier molecular flexibility index (Phi) is 5.71. The summed E-state index contributed by atoms with van der Waals surface area (Å²) in [6.45, 7) is 4.38. The molecule has 1 aliphatic rings. The third kappa shape index (κ3) is 4.52. The number of hydrogen-bond acceptors (Lipinski definition) is 9. The lowest BCUT2D eigenvalue weighted by Crippen LogP contribution is -2.40. The predicted molar refractivity (Wildman–Crippen MR) is 128 cm³/mol. The van der Waals surface area contributed by atoms with Crippen molar-refractivity contribution in [3.63, 3.8) is 0 Å². The van der Waals surface area contributed by atoms with E-state index >= 15 is 0 Å². The zero-order valence-corrected chi connectivity index (χ0v) is 19.4. The van der Waals surface area contributed by atoms with Crippen LogP contribution in [-0.4, -0.2) is 57.7 Å². The average molecular weight is 475 g/mol. The number of aliphatic hydroxyl groups is 1. The van der Waals surface area contributed by atoms with E-state index in [-0.39, 0.29) is 6.61 Å². The van der Waals surface area contributed by atoms with Crippen LogP contribution >= 0.6 is 0 Å². The molecule has 0 aliphatic carbocycles. The quantitative estimate of drug-likeness (QED) is 0.363. The van der Waals surface area contributed by atoms with Crippen LogP contribution in [0.5, 0.6) is 5.75 Å². The van der Waals surface area contributed by atoms with Crippen LogP contribution in [0.4, 0.5) is 0 Å². The maximum Gasteiger partial charge on any atom is 0.283 e. The molecule has 0 saturated carbocycles. The molecule has 1 saturated heterocycles. The van der Waals surface area contributed by atoms with Crippen LogP contribution < -0.4 is 4.74 Å². The molecule has 5 aromatic rings. The molecule has 0 unspecified atom stereocenters. The zero-order valence-electron chi connectivity index (χ0n) is 19.4. The van der Waals surface area contributed by atoms with E-state index in [1.54, 1.807) is 13.1 Å². The second-order valence-corrected chi connectivity index (χ2v) is 9.07. The molecule has 3 aromatic heterocycles. The molecule has 6 rings (SSSR count). The van der Waals surface area contributed by atoms with Gasteiger partial charge in [-0.15, -0.1) is 10.2 Å². The van der Waals surface area contributed by atoms with Crippen molar-refractivity contribution < 1.29 is 23.2 Å². The highest BCUT2D eigenvalue weighted by molar-refractivity contribution is 5.87. The number of β-amino-alcohol motifs (C(OH)–C–C–N with tert-alkyl or cyclic N) is 1. The van der Waals surface area contributed by atoms with E-state index in [0.717, 1.165) is 42.3 Å². The van der Waals surface area contributed by atoms with Crippen molar-refractivity contribution in [2.45, 2.75) is 31.8 Å². The van der Waals surface area contributed by atoms with Crippen molar-refractivity contribution in [3.8, 4) is 17.4 Å². The number of fused-ring (bicyclic) bond motifs is 2. The third-order valence-electron chi connectivity index (χ3n) is 6.59. The number of aryl methyl sites for hydroxylation is 1. The molecule has 35 heavy (non-hydrogen) atoms. The van der Waals surface area contributed by atoms with Crippen LogP contribution in [0.2, 0.25) is 0 Å². The molecule has 9 heteroatoms. The molecule has 180 valence electrons. The van der Waals surface area contributed by atoms with Crippen molar-refractivity contribution in [1.29, 1.82) is 0 Å². The minimum Gasteiger partial charge on any atom is -0.490 e. The van der Waals surface area contributed by atoms with Crippen molar-refractivity contribution in [2.75, 3.05) is 26.2 Å². The number of rotatable bonds is 7. The van der Waals surface area contributed by atoms with E-state index in [4.69, 9.17) is 18.1 Å². The first-order valence-electron chi connectivity index (χ1n) is 11.8. The van der Waals surface area contributed by atoms with E-state index in [2.05, 4.69) is 32.4 Å². The lowest BCUT2D eigenvalue weighted by atomic mass is 9.89. The lowest BCUT2D eigenvalue weighted by Gasteiger charge is -2.33. The van der Waals surface area contributed by atoms with E-state index in [0.29, 0.717) is 41.3 Å². The molecule has 4 heterocycles. The topological polar surface area (TPSA) is 111 Å². The highest BCUT2D eigenvalue weighted by Gasteiger charge is 2.23. The summed E-state index contributed by atoms with van der Waals surface area (Å²) in [6.07, 6.45) is 3.27. The highest BCUT2D eigenvalue weighted by atomic mass is 16.5. The summed E-state index contributed by atoms with van der Waals surface area (Å²) in [7, 11) is 0. The summed E-state index contributed by atoms with van der Waals surface area (Å²) < 4.78 is 22.5. The standard InChI is InChI=1S/C26H26N4O5/c1-16-28-29-26(33-16)25-12-21-23(3-2-4-24(21)34-25)32-15-20(31)14-30-9-7-17(8-10-30)18-5-6-22-19(11-18)13-27-35-22/h2-6,11-13,17,20,31H,7-10,14-15H2,1H3/t20-/m0/s1. The Labute approximate surface area is 201 Å². The Morgan fingerprint density at radius 3 is 2.80 bits per heavy atom. The molecule has 9 nitrogen and oxygen atoms in total. The van der Waals surface area contributed by atoms with Gasteiger partial charge in [-0.1, -0.05) is 17.3 Å². The van der Waals surface area contributed by atoms with Crippen LogP contribution in [0.25, 0.3) is 33.6 Å². The summed E-state index contributed by atoms with van der Waals surface area (Å²) in [4.78, 5) is 2.30. The SMILES string of the molecule is Cc1nnc(-c2cc3c(OC[C@@H](O)CN4CCC(c5ccc6oncc6c5)CC4)cccc3o2)o1. The van der Waals surface area contributed by atoms with Gasteiger partial charge >= 0.3 is 0 Å². The number of piperidine rings is 1. The number of aromatic nitrogens is 3. The molecule has 0 bridgehead atoms. The van der Waals surface area contributed by atoms with Gasteiger partial charge in [0, 0.05) is 24.9 Å². The number of benzene rings is 2. The van der Waals surface area contributed by atoms with Crippen molar-refractivity contribution in [1.82, 2.24) is 20.3 Å². The molecule has 0 spiro atoms. The van der Waals surface area contributed by atoms with Gasteiger partial charge in [0.15, 0.2) is 11.3 Å². The molecule has 1 atom stereocenters. The fourth-order valence-electron chi connectivity index (χ4n) is 4.79. The van der Waals surface area contributed by atoms with Crippen LogP contribution in [0, 0.1) is 6.92 Å². The van der Waals surface area contributed by atoms with Gasteiger partial charge in [-0.2, -0.15) is 0 Å². The smallest absolute Gasteiger partial charge is 0.283 e. The fourth-order valence-corrected chi connectivity index (χ4v) is 4.79. The van der Waals surface area contributed by atoms with Gasteiger partial charge < -0.3 is 28.1 Å². The number of furan rings is 1. The second kappa shape index (κ2) is 9.16. The van der Waals surface area contributed by atoms with Gasteiger partial charge in [0.25, 0.3) is 5.89 Å². The van der Waals surface area contributed by atoms with E-state index in [9.17, 15) is 5.11 Å². The Bertz CT molecular complexity index is 1450. The zero-order chi connectivity index (χ0) is 23.8. The largest absolute Gasteiger partial charge is 0.490 e. The van der Waals surface area contributed by atoms with E-state index in [1.807, 2.05) is 30.3 Å². The minimum absolute atomic E-state index is 0.198. The van der Waals surface area contributed by atoms with Gasteiger partial charge in [-0.3, -0.25) is 0 Å². The Morgan fingerprint density at radius 2 is 1.97 bits per heavy atom. The Morgan fingerprint density at radius 1 is 1.09 bits per heavy atom. The molecular formula is C26H26N4O5. The summed E-state index contributed by atoms with van der Waals surface area (Å²) in [6, 6.07) is 13.7. The monoisotopic (exact) mass is 474 g/mol. The molecule has 1 N–H and O–H groups in total. The van der Waals surface area contributed by atoms with E-state index in [1.165, 1.54) is 5.56 Å². The summed E-state index contributed by atoms with van der Waals surface area (Å²) in [5, 5.41) is 24.2. The molecule has 1 aliphatic heterocycles. The first kappa shape index (κ1) is 21.8. The summed E-state index contributed by atoms with van der Waals surface area (Å²) in [5.41, 5.74) is 2.81. The van der Waals surface area contributed by atoms with Gasteiger partial charge in [-0.05, 0) is 61.7 Å². The Balaban J connectivity index is 1.04. The van der Waals surface area contributed by atoms with Crippen LogP contribution in [0.1, 0.15) is 30.2 Å². The summed E-state index contributed by atoms with van der Waals surface area (Å²) in [5.74, 6) is 2.45. The second-order valence-electron chi connectivity index (χ2n) is 9.07. The fraction of sp³-hybridized carbons (Fsp3) is 0.346. The number of likely N-dealkylation sites (tertiary alicyclic amines) is 1. The van der Waals surface area contributed by atoms with Gasteiger partial charge in [0.1, 0.15) is 24.0 Å². The van der Waals surface area contributed by atoms with Gasteiger partial charge in [-0.25, -0.2) is 0 Å². The van der Waals surface area contributed by atoms with Crippen molar-refractivity contribution >= 4 is 21.9 Å². The van der Waals surface area contributed by atoms with E-state index < -0.39 is 6.10 Å². The normalized spacial score (nSPS) is 16.3. The average Bonchev–Trinajstić information content (AvgIpc) is 3.62. The first-order chi connectivity index (χ1) is 17.1. The number of nitrogens with zero attached hydrogens (tertiary/aromatic N) is 4. The molecule has 2 aromatic carbocycles. The van der Waals surface area contributed by atoms with Crippen LogP contribution in [-0.2, 0) is 0 Å². The molecule has 0 radical (unpaired) electrons. The number of hydrogen-bond donors (Lipinski definition) is 1. The third-order valence-corrected chi connectivity index (χ3v) is 6.59. The molecular weight excluding hydrogens is 448 g/mol. The first-order valence-corrected chi connectivity index (χ1v) is 11.8. The van der Waals surface area contributed by atoms with Crippen molar-refractivity contribution in [3.05, 3.63) is 60.1 Å². The predicted octanol–water partition coefficient (Wildman–Crippen LogP) is 4.55. The van der Waals surface area contributed by atoms with Crippen LogP contribution in [0.3, 0.4) is 0 Å². The molecule has 1 fully saturated rings. The Hall–Kier alpha value is -3.69. The van der Waals surface area contributed by atoms with Gasteiger partial charge in [0.05, 0.1) is 11.6 Å². The van der Waals surface area contributed by atoms with Crippen molar-refractivity contribution in [2.24, 2.45) is 0 Å². The lowest BCUT2D eigenvalue weighted by molar-refractivity contribution is 0.0599.